The highest BCUT2D eigenvalue weighted by Crippen LogP contribution is 2.47. The Kier molecular flexibility index (Phi) is 3.49. The van der Waals surface area contributed by atoms with Crippen LogP contribution in [0.3, 0.4) is 0 Å². The normalized spacial score (nSPS) is 16.8. The molecule has 0 bridgehead atoms. The average Bonchev–Trinajstić information content (AvgIpc) is 2.37. The maximum absolute atomic E-state index is 11.8. The predicted molar refractivity (Wildman–Crippen MR) is 65.8 cm³/mol. The van der Waals surface area contributed by atoms with Gasteiger partial charge < -0.3 is 4.52 Å². The molecule has 0 aromatic heterocycles. The molecule has 0 heterocycles. The number of aryl methyl sites for hydroxylation is 1. The van der Waals surface area contributed by atoms with Crippen molar-refractivity contribution in [2.24, 2.45) is 0 Å². The smallest absolute Gasteiger partial charge is 0.404 e. The summed E-state index contributed by atoms with van der Waals surface area (Å²) in [5, 5.41) is 0. The monoisotopic (exact) mass is 281 g/mol. The minimum Gasteiger partial charge on any atom is -0.404 e. The largest absolute Gasteiger partial charge is 0.529 e. The zero-order valence-electron chi connectivity index (χ0n) is 12.6. The zero-order valence-corrected chi connectivity index (χ0v) is 11.3. The zero-order chi connectivity index (χ0) is 15.6. The van der Waals surface area contributed by atoms with Gasteiger partial charge in [-0.15, -0.1) is 0 Å². The minimum absolute atomic E-state index is 0.167. The Morgan fingerprint density at radius 2 is 2.00 bits per heavy atom. The van der Waals surface area contributed by atoms with Crippen LogP contribution < -0.4 is 4.52 Å². The lowest BCUT2D eigenvalue weighted by Gasteiger charge is -2.15. The van der Waals surface area contributed by atoms with E-state index in [4.69, 9.17) is 8.64 Å². The van der Waals surface area contributed by atoms with Crippen molar-refractivity contribution in [2.45, 2.75) is 11.8 Å². The molecule has 1 unspecified atom stereocenters. The van der Waals surface area contributed by atoms with Gasteiger partial charge in [-0.1, -0.05) is 0 Å². The third kappa shape index (κ3) is 3.64. The molecule has 0 aliphatic carbocycles. The quantitative estimate of drug-likeness (QED) is 0.776. The summed E-state index contributed by atoms with van der Waals surface area (Å²) in [5.41, 5.74) is 0.440. The van der Waals surface area contributed by atoms with E-state index in [0.29, 0.717) is 5.56 Å². The lowest BCUT2D eigenvalue weighted by atomic mass is 10.2. The third-order valence-corrected chi connectivity index (χ3v) is 4.20. The van der Waals surface area contributed by atoms with Gasteiger partial charge in [0.25, 0.3) is 0 Å². The molecule has 7 heteroatoms. The van der Waals surface area contributed by atoms with Crippen molar-refractivity contribution < 1.29 is 26.5 Å². The second kappa shape index (κ2) is 5.78. The first-order chi connectivity index (χ1) is 9.13. The fourth-order valence-electron chi connectivity index (χ4n) is 1.16. The number of benzene rings is 1. The lowest BCUT2D eigenvalue weighted by molar-refractivity contribution is 0.211. The van der Waals surface area contributed by atoms with Gasteiger partial charge in [0.15, 0.2) is 0 Å². The Balaban J connectivity index is 3.06. The first kappa shape index (κ1) is 10.3. The predicted octanol–water partition coefficient (Wildman–Crippen LogP) is 2.51. The van der Waals surface area contributed by atoms with Crippen molar-refractivity contribution >= 4 is 18.6 Å². The summed E-state index contributed by atoms with van der Waals surface area (Å²) in [7, 11) is -3.46. The topological polar surface area (TPSA) is 61.8 Å². The van der Waals surface area contributed by atoms with Crippen LogP contribution in [0.1, 0.15) is 9.68 Å². The average molecular weight is 281 g/mol. The highest BCUT2D eigenvalue weighted by atomic mass is 32.2. The molecular weight excluding hydrogens is 263 g/mol. The van der Waals surface area contributed by atoms with Gasteiger partial charge in [0.2, 0.25) is 0 Å². The standard InChI is InChI=1S/C10H15O5PS/c1-8-7-9(5-6-10(8)17(4)12)15-16(11,13-2)14-3/h5-7H,1-4H3/i4D3. The molecule has 1 rings (SSSR count). The van der Waals surface area contributed by atoms with Crippen molar-refractivity contribution in [1.82, 2.24) is 0 Å². The summed E-state index contributed by atoms with van der Waals surface area (Å²) in [6, 6.07) is 4.13. The van der Waals surface area contributed by atoms with E-state index < -0.39 is 24.8 Å². The Labute approximate surface area is 107 Å². The van der Waals surface area contributed by atoms with Crippen LogP contribution in [0.25, 0.3) is 0 Å². The molecular formula is C10H15O5PS. The van der Waals surface area contributed by atoms with Crippen LogP contribution in [0.2, 0.25) is 0 Å². The van der Waals surface area contributed by atoms with E-state index in [9.17, 15) is 8.77 Å². The Morgan fingerprint density at radius 3 is 2.47 bits per heavy atom. The maximum atomic E-state index is 11.8. The van der Waals surface area contributed by atoms with Crippen LogP contribution >= 0.6 is 7.82 Å². The molecule has 96 valence electrons. The van der Waals surface area contributed by atoms with Gasteiger partial charge in [-0.3, -0.25) is 13.3 Å². The van der Waals surface area contributed by atoms with E-state index in [1.807, 2.05) is 0 Å². The molecule has 0 spiro atoms. The van der Waals surface area contributed by atoms with Crippen molar-refractivity contribution in [3.05, 3.63) is 23.8 Å². The molecule has 0 amide bonds. The van der Waals surface area contributed by atoms with Gasteiger partial charge in [0.05, 0.1) is 10.8 Å². The maximum Gasteiger partial charge on any atom is 0.529 e. The van der Waals surface area contributed by atoms with E-state index in [1.54, 1.807) is 6.92 Å². The summed E-state index contributed by atoms with van der Waals surface area (Å²) in [6.07, 6.45) is -2.60. The molecule has 1 atom stereocenters. The molecule has 0 aliphatic heterocycles. The Bertz CT molecular complexity index is 552. The molecule has 0 saturated carbocycles. The molecule has 0 saturated heterocycles. The SMILES string of the molecule is [2H]C([2H])([2H])S(=O)c1ccc(OP(=O)(OC)OC)cc1C. The summed E-state index contributed by atoms with van der Waals surface area (Å²) in [6.45, 7) is 1.58. The van der Waals surface area contributed by atoms with Gasteiger partial charge in [-0.25, -0.2) is 4.57 Å². The Morgan fingerprint density at radius 1 is 1.35 bits per heavy atom. The second-order valence-electron chi connectivity index (χ2n) is 3.10. The molecule has 5 nitrogen and oxygen atoms in total. The molecule has 1 aromatic carbocycles. The van der Waals surface area contributed by atoms with Crippen molar-refractivity contribution in [2.75, 3.05) is 20.4 Å². The van der Waals surface area contributed by atoms with Gasteiger partial charge in [-0.05, 0) is 30.7 Å². The summed E-state index contributed by atoms with van der Waals surface area (Å²) < 4.78 is 59.4. The Hall–Kier alpha value is -0.680. The molecule has 0 aliphatic rings. The van der Waals surface area contributed by atoms with Crippen molar-refractivity contribution in [3.8, 4) is 5.75 Å². The summed E-state index contributed by atoms with van der Waals surface area (Å²) >= 11 is 0. The molecule has 0 N–H and O–H groups in total. The summed E-state index contributed by atoms with van der Waals surface area (Å²) in [5.74, 6) is 0.167. The first-order valence-electron chi connectivity index (χ1n) is 6.06. The minimum atomic E-state index is -3.68. The fourth-order valence-corrected chi connectivity index (χ4v) is 2.38. The van der Waals surface area contributed by atoms with E-state index in [2.05, 4.69) is 9.05 Å². The van der Waals surface area contributed by atoms with Gasteiger partial charge in [0, 0.05) is 29.4 Å². The van der Waals surface area contributed by atoms with Gasteiger partial charge in [0.1, 0.15) is 5.75 Å². The molecule has 1 aromatic rings. The number of hydrogen-bond donors (Lipinski definition) is 0. The summed E-state index contributed by atoms with van der Waals surface area (Å²) in [4.78, 5) is 0.169. The van der Waals surface area contributed by atoms with E-state index in [1.165, 1.54) is 32.4 Å². The van der Waals surface area contributed by atoms with Crippen LogP contribution in [0, 0.1) is 6.92 Å². The number of hydrogen-bond acceptors (Lipinski definition) is 5. The second-order valence-corrected chi connectivity index (χ2v) is 5.88. The van der Waals surface area contributed by atoms with Crippen molar-refractivity contribution in [1.29, 1.82) is 0 Å². The van der Waals surface area contributed by atoms with E-state index in [0.717, 1.165) is 0 Å². The van der Waals surface area contributed by atoms with E-state index >= 15 is 0 Å². The number of phosphoric acid groups is 1. The fraction of sp³-hybridized carbons (Fsp3) is 0.400. The van der Waals surface area contributed by atoms with Crippen LogP contribution in [0.5, 0.6) is 5.75 Å². The van der Waals surface area contributed by atoms with Gasteiger partial charge >= 0.3 is 7.82 Å². The third-order valence-electron chi connectivity index (χ3n) is 2.01. The van der Waals surface area contributed by atoms with Crippen molar-refractivity contribution in [3.63, 3.8) is 0 Å². The molecule has 0 radical (unpaired) electrons. The first-order valence-corrected chi connectivity index (χ1v) is 7.17. The number of rotatable bonds is 5. The lowest BCUT2D eigenvalue weighted by Crippen LogP contribution is -1.98. The van der Waals surface area contributed by atoms with Gasteiger partial charge in [-0.2, -0.15) is 0 Å². The number of phosphoric ester groups is 1. The van der Waals surface area contributed by atoms with Crippen LogP contribution in [-0.2, 0) is 24.4 Å². The molecule has 0 fully saturated rings. The van der Waals surface area contributed by atoms with Crippen LogP contribution in [0.4, 0.5) is 0 Å². The van der Waals surface area contributed by atoms with E-state index in [-0.39, 0.29) is 10.6 Å². The van der Waals surface area contributed by atoms with Crippen LogP contribution in [0.15, 0.2) is 23.1 Å². The molecule has 17 heavy (non-hydrogen) atoms. The highest BCUT2D eigenvalue weighted by Gasteiger charge is 2.24. The van der Waals surface area contributed by atoms with Crippen LogP contribution in [-0.4, -0.2) is 24.6 Å². The highest BCUT2D eigenvalue weighted by molar-refractivity contribution is 7.84.